The summed E-state index contributed by atoms with van der Waals surface area (Å²) in [5, 5.41) is 15.8. The van der Waals surface area contributed by atoms with Gasteiger partial charge in [0, 0.05) is 30.9 Å². The molecule has 1 saturated heterocycles. The lowest BCUT2D eigenvalue weighted by atomic mass is 9.95. The van der Waals surface area contributed by atoms with Crippen LogP contribution in [0.15, 0.2) is 12.3 Å². The Bertz CT molecular complexity index is 580. The van der Waals surface area contributed by atoms with Crippen molar-refractivity contribution in [1.29, 1.82) is 0 Å². The lowest BCUT2D eigenvalue weighted by Gasteiger charge is -2.32. The number of nitrogens with zero attached hydrogens (tertiary/aromatic N) is 5. The third-order valence-electron chi connectivity index (χ3n) is 4.16. The summed E-state index contributed by atoms with van der Waals surface area (Å²) in [6.45, 7) is 6.15. The highest BCUT2D eigenvalue weighted by molar-refractivity contribution is 5.32. The van der Waals surface area contributed by atoms with Crippen LogP contribution in [0.3, 0.4) is 0 Å². The summed E-state index contributed by atoms with van der Waals surface area (Å²) >= 11 is 0. The second kappa shape index (κ2) is 6.20. The Balaban J connectivity index is 1.80. The van der Waals surface area contributed by atoms with Crippen molar-refractivity contribution in [2.75, 3.05) is 18.0 Å². The lowest BCUT2D eigenvalue weighted by molar-refractivity contribution is 0.492. The molecule has 1 aliphatic heterocycles. The molecule has 0 aromatic carbocycles. The van der Waals surface area contributed by atoms with Crippen LogP contribution in [0.4, 0.5) is 5.95 Å². The predicted octanol–water partition coefficient (Wildman–Crippen LogP) is 2.10. The van der Waals surface area contributed by atoms with Gasteiger partial charge < -0.3 is 4.90 Å². The van der Waals surface area contributed by atoms with E-state index in [2.05, 4.69) is 45.2 Å². The van der Waals surface area contributed by atoms with E-state index in [1.165, 1.54) is 12.1 Å². The Morgan fingerprint density at radius 3 is 2.81 bits per heavy atom. The molecule has 3 heterocycles. The average molecular weight is 286 g/mol. The largest absolute Gasteiger partial charge is 0.339 e. The highest BCUT2D eigenvalue weighted by atomic mass is 15.3. The second-order valence-corrected chi connectivity index (χ2v) is 5.51. The van der Waals surface area contributed by atoms with E-state index in [-0.39, 0.29) is 0 Å². The number of hydrogen-bond donors (Lipinski definition) is 1. The molecule has 21 heavy (non-hydrogen) atoms. The van der Waals surface area contributed by atoms with E-state index in [1.54, 1.807) is 0 Å². The first-order valence-corrected chi connectivity index (χ1v) is 7.78. The Labute approximate surface area is 125 Å². The van der Waals surface area contributed by atoms with Crippen molar-refractivity contribution >= 4 is 5.95 Å². The van der Waals surface area contributed by atoms with Crippen LogP contribution in [-0.4, -0.2) is 38.5 Å². The highest BCUT2D eigenvalue weighted by Gasteiger charge is 2.24. The average Bonchev–Trinajstić information content (AvgIpc) is 3.09. The summed E-state index contributed by atoms with van der Waals surface area (Å²) in [7, 11) is 0. The smallest absolute Gasteiger partial charge is 0.245 e. The molecule has 1 atom stereocenters. The number of nitrogens with one attached hydrogen (secondary N) is 1. The number of hydrogen-bond acceptors (Lipinski definition) is 5. The van der Waals surface area contributed by atoms with E-state index >= 15 is 0 Å². The molecule has 0 aliphatic carbocycles. The van der Waals surface area contributed by atoms with Gasteiger partial charge in [0.25, 0.3) is 0 Å². The SMILES string of the molecule is CCc1nnc(N2CCCC(c3ccn[nH]3)C2)nc1CC. The zero-order valence-corrected chi connectivity index (χ0v) is 12.7. The standard InChI is InChI=1S/C15H22N6/c1-3-12-13(4-2)19-20-15(17-12)21-9-5-6-11(10-21)14-7-8-16-18-14/h7-8,11H,3-6,9-10H2,1-2H3,(H,16,18). The minimum atomic E-state index is 0.473. The first-order chi connectivity index (χ1) is 10.3. The fourth-order valence-corrected chi connectivity index (χ4v) is 2.97. The van der Waals surface area contributed by atoms with Gasteiger partial charge in [-0.25, -0.2) is 4.98 Å². The molecule has 2 aromatic heterocycles. The highest BCUT2D eigenvalue weighted by Crippen LogP contribution is 2.27. The maximum absolute atomic E-state index is 4.73. The summed E-state index contributed by atoms with van der Waals surface area (Å²) in [5.41, 5.74) is 3.29. The van der Waals surface area contributed by atoms with E-state index in [9.17, 15) is 0 Å². The quantitative estimate of drug-likeness (QED) is 0.932. The first kappa shape index (κ1) is 14.0. The van der Waals surface area contributed by atoms with Gasteiger partial charge in [-0.3, -0.25) is 5.10 Å². The minimum Gasteiger partial charge on any atom is -0.339 e. The molecule has 6 nitrogen and oxygen atoms in total. The van der Waals surface area contributed by atoms with Gasteiger partial charge in [-0.15, -0.1) is 5.10 Å². The maximum atomic E-state index is 4.73. The number of aromatic amines is 1. The third-order valence-corrected chi connectivity index (χ3v) is 4.16. The Kier molecular flexibility index (Phi) is 4.13. The molecule has 0 radical (unpaired) electrons. The van der Waals surface area contributed by atoms with Gasteiger partial charge in [0.15, 0.2) is 0 Å². The van der Waals surface area contributed by atoms with Crippen molar-refractivity contribution in [1.82, 2.24) is 25.4 Å². The van der Waals surface area contributed by atoms with Crippen molar-refractivity contribution in [2.45, 2.75) is 45.4 Å². The number of H-pyrrole nitrogens is 1. The minimum absolute atomic E-state index is 0.473. The van der Waals surface area contributed by atoms with Gasteiger partial charge in [0.2, 0.25) is 5.95 Å². The molecule has 2 aromatic rings. The first-order valence-electron chi connectivity index (χ1n) is 7.78. The van der Waals surface area contributed by atoms with Gasteiger partial charge in [-0.1, -0.05) is 13.8 Å². The molecular weight excluding hydrogens is 264 g/mol. The van der Waals surface area contributed by atoms with Gasteiger partial charge in [-0.2, -0.15) is 10.2 Å². The van der Waals surface area contributed by atoms with Gasteiger partial charge >= 0.3 is 0 Å². The van der Waals surface area contributed by atoms with Crippen LogP contribution in [0, 0.1) is 0 Å². The molecule has 1 fully saturated rings. The van der Waals surface area contributed by atoms with E-state index < -0.39 is 0 Å². The number of anilines is 1. The van der Waals surface area contributed by atoms with Crippen LogP contribution in [0.25, 0.3) is 0 Å². The number of rotatable bonds is 4. The Morgan fingerprint density at radius 2 is 2.10 bits per heavy atom. The summed E-state index contributed by atoms with van der Waals surface area (Å²) in [6.07, 6.45) is 5.94. The van der Waals surface area contributed by atoms with Crippen molar-refractivity contribution in [3.05, 3.63) is 29.3 Å². The molecule has 3 rings (SSSR count). The van der Waals surface area contributed by atoms with Crippen molar-refractivity contribution in [3.8, 4) is 0 Å². The molecule has 0 amide bonds. The summed E-state index contributed by atoms with van der Waals surface area (Å²) in [5.74, 6) is 1.24. The molecule has 6 heteroatoms. The normalized spacial score (nSPS) is 19.0. The van der Waals surface area contributed by atoms with E-state index in [0.717, 1.165) is 49.7 Å². The Morgan fingerprint density at radius 1 is 1.24 bits per heavy atom. The number of aryl methyl sites for hydroxylation is 2. The van der Waals surface area contributed by atoms with Crippen molar-refractivity contribution in [3.63, 3.8) is 0 Å². The molecule has 112 valence electrons. The molecule has 0 saturated carbocycles. The van der Waals surface area contributed by atoms with Gasteiger partial charge in [0.05, 0.1) is 11.4 Å². The van der Waals surface area contributed by atoms with Gasteiger partial charge in [-0.05, 0) is 31.7 Å². The number of piperidine rings is 1. The fraction of sp³-hybridized carbons (Fsp3) is 0.600. The fourth-order valence-electron chi connectivity index (χ4n) is 2.97. The van der Waals surface area contributed by atoms with Crippen LogP contribution in [-0.2, 0) is 12.8 Å². The third kappa shape index (κ3) is 2.89. The van der Waals surface area contributed by atoms with Crippen LogP contribution in [0.2, 0.25) is 0 Å². The summed E-state index contributed by atoms with van der Waals surface area (Å²) in [6, 6.07) is 2.06. The van der Waals surface area contributed by atoms with Crippen LogP contribution in [0.1, 0.15) is 49.7 Å². The van der Waals surface area contributed by atoms with Crippen molar-refractivity contribution in [2.24, 2.45) is 0 Å². The van der Waals surface area contributed by atoms with Crippen LogP contribution >= 0.6 is 0 Å². The predicted molar refractivity (Wildman–Crippen MR) is 81.4 cm³/mol. The topological polar surface area (TPSA) is 70.6 Å². The van der Waals surface area contributed by atoms with E-state index in [4.69, 9.17) is 4.98 Å². The maximum Gasteiger partial charge on any atom is 0.245 e. The van der Waals surface area contributed by atoms with Crippen molar-refractivity contribution < 1.29 is 0 Å². The van der Waals surface area contributed by atoms with Crippen LogP contribution < -0.4 is 4.90 Å². The summed E-state index contributed by atoms with van der Waals surface area (Å²) < 4.78 is 0. The molecule has 1 unspecified atom stereocenters. The van der Waals surface area contributed by atoms with Gasteiger partial charge in [0.1, 0.15) is 0 Å². The monoisotopic (exact) mass is 286 g/mol. The lowest BCUT2D eigenvalue weighted by Crippen LogP contribution is -2.36. The Hall–Kier alpha value is -1.98. The van der Waals surface area contributed by atoms with E-state index in [1.807, 2.05) is 6.20 Å². The molecule has 0 bridgehead atoms. The zero-order valence-electron chi connectivity index (χ0n) is 12.7. The molecule has 1 N–H and O–H groups in total. The van der Waals surface area contributed by atoms with Crippen LogP contribution in [0.5, 0.6) is 0 Å². The molecule has 0 spiro atoms. The summed E-state index contributed by atoms with van der Waals surface area (Å²) in [4.78, 5) is 6.98. The zero-order chi connectivity index (χ0) is 14.7. The second-order valence-electron chi connectivity index (χ2n) is 5.51. The van der Waals surface area contributed by atoms with E-state index in [0.29, 0.717) is 5.92 Å². The molecule has 1 aliphatic rings. The number of aromatic nitrogens is 5. The molecular formula is C15H22N6.